The molecule has 3 N–H and O–H groups in total. The molecule has 0 saturated heterocycles. The Hall–Kier alpha value is -2.82. The van der Waals surface area contributed by atoms with Crippen LogP contribution in [0.5, 0.6) is 5.75 Å². The van der Waals surface area contributed by atoms with Crippen molar-refractivity contribution in [1.82, 2.24) is 4.90 Å². The number of benzene rings is 2. The fourth-order valence-corrected chi connectivity index (χ4v) is 2.66. The fourth-order valence-electron chi connectivity index (χ4n) is 2.66. The van der Waals surface area contributed by atoms with Crippen molar-refractivity contribution in [2.24, 2.45) is 10.7 Å². The van der Waals surface area contributed by atoms with Gasteiger partial charge in [0.1, 0.15) is 5.75 Å². The lowest BCUT2D eigenvalue weighted by molar-refractivity contribution is -0.130. The highest BCUT2D eigenvalue weighted by atomic mass is 16.3. The molecule has 0 aromatic heterocycles. The molecule has 1 amide bonds. The normalized spacial score (nSPS) is 21.1. The molecule has 112 valence electrons. The first-order valence-electron chi connectivity index (χ1n) is 6.95. The first kappa shape index (κ1) is 14.1. The van der Waals surface area contributed by atoms with Gasteiger partial charge >= 0.3 is 0 Å². The van der Waals surface area contributed by atoms with Gasteiger partial charge in [-0.3, -0.25) is 9.69 Å². The molecule has 1 aliphatic heterocycles. The van der Waals surface area contributed by atoms with Gasteiger partial charge in [0.15, 0.2) is 11.5 Å². The molecule has 2 aromatic rings. The molecule has 0 bridgehead atoms. The maximum Gasteiger partial charge on any atom is 0.261 e. The molecular weight excluding hydrogens is 278 g/mol. The summed E-state index contributed by atoms with van der Waals surface area (Å²) in [6, 6.07) is 14.6. The topological polar surface area (TPSA) is 78.9 Å². The van der Waals surface area contributed by atoms with Gasteiger partial charge in [-0.05, 0) is 41.8 Å². The van der Waals surface area contributed by atoms with Crippen LogP contribution in [0, 0.1) is 0 Å². The number of aliphatic imine (C=N–C) groups is 1. The third-order valence-electron chi connectivity index (χ3n) is 4.01. The summed E-state index contributed by atoms with van der Waals surface area (Å²) in [6.45, 7) is 1.76. The van der Waals surface area contributed by atoms with Gasteiger partial charge in [-0.1, -0.05) is 30.3 Å². The molecule has 1 aliphatic rings. The lowest BCUT2D eigenvalue weighted by atomic mass is 9.89. The van der Waals surface area contributed by atoms with Crippen molar-refractivity contribution in [1.29, 1.82) is 0 Å². The number of likely N-dealkylation sites (N-methyl/N-ethyl adjacent to an activating group) is 1. The Morgan fingerprint density at radius 3 is 2.36 bits per heavy atom. The zero-order chi connectivity index (χ0) is 15.9. The van der Waals surface area contributed by atoms with Crippen molar-refractivity contribution in [3.63, 3.8) is 0 Å². The smallest absolute Gasteiger partial charge is 0.261 e. The van der Waals surface area contributed by atoms with Crippen molar-refractivity contribution in [3.05, 3.63) is 54.1 Å². The number of rotatable bonds is 2. The number of phenols is 1. The highest BCUT2D eigenvalue weighted by Gasteiger charge is 2.43. The average Bonchev–Trinajstić information content (AvgIpc) is 2.72. The van der Waals surface area contributed by atoms with Crippen LogP contribution in [-0.2, 0) is 10.3 Å². The first-order chi connectivity index (χ1) is 10.4. The first-order valence-corrected chi connectivity index (χ1v) is 6.95. The molecule has 22 heavy (non-hydrogen) atoms. The van der Waals surface area contributed by atoms with E-state index in [0.29, 0.717) is 0 Å². The number of aromatic hydroxyl groups is 1. The molecule has 0 spiro atoms. The second kappa shape index (κ2) is 4.87. The maximum atomic E-state index is 12.4. The predicted molar refractivity (Wildman–Crippen MR) is 85.3 cm³/mol. The van der Waals surface area contributed by atoms with Gasteiger partial charge < -0.3 is 10.8 Å². The summed E-state index contributed by atoms with van der Waals surface area (Å²) < 4.78 is 0. The Kier molecular flexibility index (Phi) is 3.13. The zero-order valence-electron chi connectivity index (χ0n) is 12.4. The lowest BCUT2D eigenvalue weighted by Gasteiger charge is -2.21. The summed E-state index contributed by atoms with van der Waals surface area (Å²) in [6.07, 6.45) is 0. The minimum absolute atomic E-state index is 0.155. The van der Waals surface area contributed by atoms with E-state index in [0.717, 1.165) is 16.7 Å². The lowest BCUT2D eigenvalue weighted by Crippen LogP contribution is -2.38. The molecule has 5 nitrogen and oxygen atoms in total. The van der Waals surface area contributed by atoms with E-state index in [9.17, 15) is 9.90 Å². The number of nitrogens with two attached hydrogens (primary N) is 1. The van der Waals surface area contributed by atoms with Crippen LogP contribution < -0.4 is 5.73 Å². The summed E-state index contributed by atoms with van der Waals surface area (Å²) in [7, 11) is 1.62. The largest absolute Gasteiger partial charge is 0.508 e. The number of hydrogen-bond acceptors (Lipinski definition) is 4. The minimum Gasteiger partial charge on any atom is -0.508 e. The van der Waals surface area contributed by atoms with Crippen LogP contribution in [0.25, 0.3) is 11.1 Å². The number of phenolic OH excluding ortho intramolecular Hbond substituents is 1. The fraction of sp³-hybridized carbons (Fsp3) is 0.176. The van der Waals surface area contributed by atoms with Gasteiger partial charge in [0, 0.05) is 7.05 Å². The van der Waals surface area contributed by atoms with E-state index in [4.69, 9.17) is 5.73 Å². The molecule has 1 heterocycles. The number of guanidine groups is 1. The van der Waals surface area contributed by atoms with Gasteiger partial charge in [0.2, 0.25) is 0 Å². The number of carbonyl (C=O) groups is 1. The van der Waals surface area contributed by atoms with Crippen LogP contribution in [-0.4, -0.2) is 28.9 Å². The molecule has 0 radical (unpaired) electrons. The summed E-state index contributed by atoms with van der Waals surface area (Å²) in [5, 5.41) is 9.62. The third-order valence-corrected chi connectivity index (χ3v) is 4.01. The Balaban J connectivity index is 2.08. The number of amides is 1. The molecule has 0 fully saturated rings. The Bertz CT molecular complexity index is 785. The molecule has 3 rings (SSSR count). The van der Waals surface area contributed by atoms with E-state index in [-0.39, 0.29) is 17.6 Å². The van der Waals surface area contributed by atoms with Gasteiger partial charge in [-0.2, -0.15) is 0 Å². The summed E-state index contributed by atoms with van der Waals surface area (Å²) in [5.74, 6) is 0.265. The van der Waals surface area contributed by atoms with Crippen LogP contribution >= 0.6 is 0 Å². The zero-order valence-corrected chi connectivity index (χ0v) is 12.4. The molecule has 0 aliphatic carbocycles. The maximum absolute atomic E-state index is 12.4. The van der Waals surface area contributed by atoms with E-state index < -0.39 is 5.54 Å². The quantitative estimate of drug-likeness (QED) is 0.890. The van der Waals surface area contributed by atoms with Crippen molar-refractivity contribution < 1.29 is 9.90 Å². The second-order valence-corrected chi connectivity index (χ2v) is 5.54. The van der Waals surface area contributed by atoms with Crippen molar-refractivity contribution in [3.8, 4) is 16.9 Å². The summed E-state index contributed by atoms with van der Waals surface area (Å²) in [4.78, 5) is 18.1. The molecule has 0 saturated carbocycles. The molecule has 1 atom stereocenters. The Morgan fingerprint density at radius 2 is 1.77 bits per heavy atom. The molecule has 2 aromatic carbocycles. The highest BCUT2D eigenvalue weighted by molar-refractivity contribution is 6.06. The van der Waals surface area contributed by atoms with Crippen molar-refractivity contribution >= 4 is 11.9 Å². The second-order valence-electron chi connectivity index (χ2n) is 5.54. The van der Waals surface area contributed by atoms with E-state index in [1.807, 2.05) is 30.3 Å². The van der Waals surface area contributed by atoms with Gasteiger partial charge in [0.05, 0.1) is 0 Å². The minimum atomic E-state index is -1.01. The van der Waals surface area contributed by atoms with Gasteiger partial charge in [-0.25, -0.2) is 4.99 Å². The summed E-state index contributed by atoms with van der Waals surface area (Å²) in [5.41, 5.74) is 7.32. The predicted octanol–water partition coefficient (Wildman–Crippen LogP) is 2.06. The van der Waals surface area contributed by atoms with Crippen LogP contribution in [0.15, 0.2) is 53.5 Å². The monoisotopic (exact) mass is 295 g/mol. The van der Waals surface area contributed by atoms with Crippen molar-refractivity contribution in [2.45, 2.75) is 12.5 Å². The number of hydrogen-bond donors (Lipinski definition) is 2. The van der Waals surface area contributed by atoms with Gasteiger partial charge in [0.25, 0.3) is 5.91 Å². The van der Waals surface area contributed by atoms with E-state index >= 15 is 0 Å². The summed E-state index contributed by atoms with van der Waals surface area (Å²) >= 11 is 0. The third kappa shape index (κ3) is 2.11. The van der Waals surface area contributed by atoms with Gasteiger partial charge in [-0.15, -0.1) is 0 Å². The number of nitrogens with zero attached hydrogens (tertiary/aromatic N) is 2. The van der Waals surface area contributed by atoms with Crippen LogP contribution in [0.1, 0.15) is 12.5 Å². The molecule has 1 unspecified atom stereocenters. The SMILES string of the molecule is CN1C(=O)C(C)(c2cccc(-c3cccc(O)c3)c2)N=C1N. The Labute approximate surface area is 128 Å². The molecule has 5 heteroatoms. The van der Waals surface area contributed by atoms with Crippen LogP contribution in [0.2, 0.25) is 0 Å². The molecular formula is C17H17N3O2. The standard InChI is InChI=1S/C17H17N3O2/c1-17(15(22)20(2)16(18)19-17)13-7-3-5-11(9-13)12-6-4-8-14(21)10-12/h3-10,21H,1-2H3,(H2,18,19). The highest BCUT2D eigenvalue weighted by Crippen LogP contribution is 2.34. The average molecular weight is 295 g/mol. The van der Waals surface area contributed by atoms with E-state index in [2.05, 4.69) is 4.99 Å². The van der Waals surface area contributed by atoms with Crippen molar-refractivity contribution in [2.75, 3.05) is 7.05 Å². The van der Waals surface area contributed by atoms with E-state index in [1.165, 1.54) is 4.90 Å². The number of carbonyl (C=O) groups excluding carboxylic acids is 1. The van der Waals surface area contributed by atoms with E-state index in [1.54, 1.807) is 32.2 Å². The Morgan fingerprint density at radius 1 is 1.14 bits per heavy atom. The van der Waals surface area contributed by atoms with Crippen LogP contribution in [0.4, 0.5) is 0 Å². The van der Waals surface area contributed by atoms with Crippen LogP contribution in [0.3, 0.4) is 0 Å².